The molecule has 43 heavy (non-hydrogen) atoms. The molecule has 2 bridgehead atoms. The number of esters is 6. The largest absolute Gasteiger partial charge is 0.461 e. The van der Waals surface area contributed by atoms with E-state index in [1.165, 1.54) is 20.8 Å². The van der Waals surface area contributed by atoms with Crippen molar-refractivity contribution in [1.82, 2.24) is 0 Å². The molecule has 0 aromatic carbocycles. The fourth-order valence-electron chi connectivity index (χ4n) is 8.92. The smallest absolute Gasteiger partial charge is 0.306 e. The summed E-state index contributed by atoms with van der Waals surface area (Å²) < 4.78 is 35.8. The lowest BCUT2D eigenvalue weighted by atomic mass is 9.56. The van der Waals surface area contributed by atoms with Gasteiger partial charge in [0.25, 0.3) is 0 Å². The third-order valence-electron chi connectivity index (χ3n) is 9.97. The maximum Gasteiger partial charge on any atom is 0.306 e. The van der Waals surface area contributed by atoms with Gasteiger partial charge in [0, 0.05) is 52.4 Å². The first-order chi connectivity index (χ1) is 19.8. The minimum Gasteiger partial charge on any atom is -0.461 e. The van der Waals surface area contributed by atoms with E-state index in [0.717, 1.165) is 27.7 Å². The van der Waals surface area contributed by atoms with Crippen LogP contribution in [0.25, 0.3) is 0 Å². The lowest BCUT2D eigenvalue weighted by Gasteiger charge is -2.54. The van der Waals surface area contributed by atoms with Crippen LogP contribution in [-0.2, 0) is 57.2 Å². The highest BCUT2D eigenvalue weighted by atomic mass is 16.6. The van der Waals surface area contributed by atoms with E-state index in [-0.39, 0.29) is 24.8 Å². The Hall–Kier alpha value is -3.48. The molecule has 238 valence electrons. The Kier molecular flexibility index (Phi) is 8.00. The van der Waals surface area contributed by atoms with E-state index in [0.29, 0.717) is 0 Å². The van der Waals surface area contributed by atoms with Crippen molar-refractivity contribution in [2.75, 3.05) is 0 Å². The van der Waals surface area contributed by atoms with Gasteiger partial charge in [0.2, 0.25) is 0 Å². The molecule has 1 N–H and O–H groups in total. The standard InChI is InChI=1S/C30H40O13/c1-13(2)30(37)21-12-22(36)43-28(21,9)20-11-10-19-23(38-14(3)31)29(20,24(39-15(4)32)25(30)40-16(5)33)26(41-17(6)34)27(19,8)42-18(7)35/h19-21,23-26,37H,1,10-12H2,2-9H3/t19?,20-,21-,23+,24+,25+,26-,27-,28+,29?,30-/m0/s1. The van der Waals surface area contributed by atoms with Crippen LogP contribution in [0.3, 0.4) is 0 Å². The summed E-state index contributed by atoms with van der Waals surface area (Å²) in [7, 11) is 0. The zero-order chi connectivity index (χ0) is 32.4. The second-order valence-corrected chi connectivity index (χ2v) is 12.6. The molecule has 1 heterocycles. The van der Waals surface area contributed by atoms with Crippen LogP contribution in [0.15, 0.2) is 12.2 Å². The van der Waals surface area contributed by atoms with Crippen molar-refractivity contribution in [3.63, 3.8) is 0 Å². The highest BCUT2D eigenvalue weighted by Gasteiger charge is 2.85. The van der Waals surface area contributed by atoms with Gasteiger partial charge in [-0.2, -0.15) is 0 Å². The van der Waals surface area contributed by atoms with Gasteiger partial charge in [-0.1, -0.05) is 6.58 Å². The number of fused-ring (bicyclic) bond motifs is 3. The molecule has 13 nitrogen and oxygen atoms in total. The summed E-state index contributed by atoms with van der Waals surface area (Å²) in [5, 5.41) is 12.7. The van der Waals surface area contributed by atoms with E-state index in [2.05, 4.69) is 6.58 Å². The summed E-state index contributed by atoms with van der Waals surface area (Å²) in [4.78, 5) is 76.9. The van der Waals surface area contributed by atoms with Crippen molar-refractivity contribution >= 4 is 35.8 Å². The van der Waals surface area contributed by atoms with Crippen LogP contribution in [0, 0.1) is 23.2 Å². The first-order valence-electron chi connectivity index (χ1n) is 14.3. The molecule has 0 radical (unpaired) electrons. The summed E-state index contributed by atoms with van der Waals surface area (Å²) in [6.45, 7) is 14.2. The molecule has 1 aliphatic heterocycles. The van der Waals surface area contributed by atoms with Gasteiger partial charge < -0.3 is 33.5 Å². The number of hydrogen-bond donors (Lipinski definition) is 1. The van der Waals surface area contributed by atoms with Crippen LogP contribution < -0.4 is 0 Å². The Labute approximate surface area is 249 Å². The van der Waals surface area contributed by atoms with Gasteiger partial charge in [-0.15, -0.1) is 0 Å². The molecule has 3 aliphatic carbocycles. The summed E-state index contributed by atoms with van der Waals surface area (Å²) in [5.74, 6) is -7.58. The predicted molar refractivity (Wildman–Crippen MR) is 143 cm³/mol. The minimum absolute atomic E-state index is 0.0749. The molecule has 11 atom stereocenters. The van der Waals surface area contributed by atoms with Crippen molar-refractivity contribution in [1.29, 1.82) is 0 Å². The Morgan fingerprint density at radius 3 is 1.77 bits per heavy atom. The van der Waals surface area contributed by atoms with Gasteiger partial charge in [-0.05, 0) is 39.2 Å². The average molecular weight is 609 g/mol. The fraction of sp³-hybridized carbons (Fsp3) is 0.733. The van der Waals surface area contributed by atoms with Crippen molar-refractivity contribution < 1.29 is 62.3 Å². The lowest BCUT2D eigenvalue weighted by molar-refractivity contribution is -0.248. The molecule has 4 rings (SSSR count). The van der Waals surface area contributed by atoms with E-state index in [1.54, 1.807) is 6.92 Å². The van der Waals surface area contributed by atoms with Gasteiger partial charge in [-0.25, -0.2) is 0 Å². The fourth-order valence-corrected chi connectivity index (χ4v) is 8.92. The van der Waals surface area contributed by atoms with Crippen LogP contribution >= 0.6 is 0 Å². The van der Waals surface area contributed by atoms with E-state index >= 15 is 0 Å². The van der Waals surface area contributed by atoms with Crippen LogP contribution in [0.2, 0.25) is 0 Å². The molecule has 13 heteroatoms. The van der Waals surface area contributed by atoms with Gasteiger partial charge in [0.05, 0.1) is 11.8 Å². The summed E-state index contributed by atoms with van der Waals surface area (Å²) >= 11 is 0. The molecular formula is C30H40O13. The summed E-state index contributed by atoms with van der Waals surface area (Å²) in [6.07, 6.45) is -6.14. The normalized spacial score (nSPS) is 42.7. The molecule has 1 saturated heterocycles. The van der Waals surface area contributed by atoms with Gasteiger partial charge in [0.1, 0.15) is 17.3 Å². The molecule has 4 fully saturated rings. The Morgan fingerprint density at radius 2 is 1.28 bits per heavy atom. The van der Waals surface area contributed by atoms with Crippen LogP contribution in [0.4, 0.5) is 0 Å². The molecule has 0 aromatic heterocycles. The topological polar surface area (TPSA) is 178 Å². The van der Waals surface area contributed by atoms with Crippen molar-refractivity contribution in [3.05, 3.63) is 12.2 Å². The number of ether oxygens (including phenoxy) is 6. The molecular weight excluding hydrogens is 568 g/mol. The van der Waals surface area contributed by atoms with E-state index in [4.69, 9.17) is 28.4 Å². The second-order valence-electron chi connectivity index (χ2n) is 12.6. The Balaban J connectivity index is 2.23. The first-order valence-corrected chi connectivity index (χ1v) is 14.3. The third kappa shape index (κ3) is 4.61. The van der Waals surface area contributed by atoms with Crippen LogP contribution in [0.1, 0.15) is 74.7 Å². The number of carbonyl (C=O) groups excluding carboxylic acids is 6. The van der Waals surface area contributed by atoms with Gasteiger partial charge in [0.15, 0.2) is 23.9 Å². The van der Waals surface area contributed by atoms with Gasteiger partial charge in [-0.3, -0.25) is 28.8 Å². The molecule has 1 spiro atoms. The first kappa shape index (κ1) is 32.4. The number of aliphatic hydroxyl groups is 1. The summed E-state index contributed by atoms with van der Waals surface area (Å²) in [5.41, 5.74) is -7.32. The number of hydrogen-bond acceptors (Lipinski definition) is 13. The van der Waals surface area contributed by atoms with Crippen LogP contribution in [-0.4, -0.2) is 82.1 Å². The van der Waals surface area contributed by atoms with Gasteiger partial charge >= 0.3 is 35.8 Å². The maximum atomic E-state index is 13.1. The zero-order valence-electron chi connectivity index (χ0n) is 25.7. The number of rotatable bonds is 6. The van der Waals surface area contributed by atoms with E-state index in [1.807, 2.05) is 0 Å². The summed E-state index contributed by atoms with van der Waals surface area (Å²) in [6, 6.07) is 0. The quantitative estimate of drug-likeness (QED) is 0.262. The maximum absolute atomic E-state index is 13.1. The third-order valence-corrected chi connectivity index (χ3v) is 9.97. The molecule has 3 saturated carbocycles. The molecule has 4 aliphatic rings. The van der Waals surface area contributed by atoms with Crippen molar-refractivity contribution in [3.8, 4) is 0 Å². The van der Waals surface area contributed by atoms with Crippen molar-refractivity contribution in [2.45, 2.75) is 116 Å². The SMILES string of the molecule is C=C(C)[C@@]1(O)[C@H](OC(C)=O)[C@@H](OC(C)=O)C23[C@H](OC(C)=O)C(CC[C@H]2[C@@]2(C)OC(=O)C[C@@H]21)[C@](C)(OC(C)=O)[C@@H]3OC(C)=O. The Bertz CT molecular complexity index is 1270. The monoisotopic (exact) mass is 608 g/mol. The van der Waals surface area contributed by atoms with Crippen LogP contribution in [0.5, 0.6) is 0 Å². The van der Waals surface area contributed by atoms with Crippen molar-refractivity contribution in [2.24, 2.45) is 23.2 Å². The van der Waals surface area contributed by atoms with E-state index < -0.39 is 100 Å². The second kappa shape index (κ2) is 10.6. The Morgan fingerprint density at radius 1 is 0.767 bits per heavy atom. The highest BCUT2D eigenvalue weighted by molar-refractivity contribution is 5.75. The number of carbonyl (C=O) groups is 6. The predicted octanol–water partition coefficient (Wildman–Crippen LogP) is 1.70. The molecule has 0 aromatic rings. The molecule has 0 amide bonds. The average Bonchev–Trinajstić information content (AvgIpc) is 3.19. The van der Waals surface area contributed by atoms with E-state index in [9.17, 15) is 33.9 Å². The molecule has 2 unspecified atom stereocenters. The minimum atomic E-state index is -2.24. The lowest BCUT2D eigenvalue weighted by Crippen LogP contribution is -2.67. The zero-order valence-corrected chi connectivity index (χ0v) is 25.7. The highest BCUT2D eigenvalue weighted by Crippen LogP contribution is 2.71.